The van der Waals surface area contributed by atoms with Gasteiger partial charge in [0.2, 0.25) is 0 Å². The van der Waals surface area contributed by atoms with Gasteiger partial charge in [-0.05, 0) is 31.1 Å². The van der Waals surface area contributed by atoms with Gasteiger partial charge < -0.3 is 15.2 Å². The molecule has 0 saturated heterocycles. The van der Waals surface area contributed by atoms with Crippen LogP contribution >= 0.6 is 0 Å². The fraction of sp³-hybridized carbons (Fsp3) is 1.00. The molecule has 1 aliphatic carbocycles. The molecule has 0 amide bonds. The molecule has 0 heterocycles. The number of nitrogens with one attached hydrogen (secondary N) is 1. The molecule has 1 aliphatic rings. The number of aliphatic hydroxyl groups is 1. The first-order valence-electron chi connectivity index (χ1n) is 6.44. The van der Waals surface area contributed by atoms with Crippen LogP contribution in [0.15, 0.2) is 0 Å². The first-order chi connectivity index (χ1) is 7.53. The summed E-state index contributed by atoms with van der Waals surface area (Å²) < 4.78 is 4.91. The Hall–Kier alpha value is -0.120. The summed E-state index contributed by atoms with van der Waals surface area (Å²) in [5.74, 6) is 0. The molecular formula is C13H27NO2. The second-order valence-electron chi connectivity index (χ2n) is 5.81. The van der Waals surface area contributed by atoms with E-state index < -0.39 is 0 Å². The largest absolute Gasteiger partial charge is 0.389 e. The Bertz CT molecular complexity index is 194. The van der Waals surface area contributed by atoms with Crippen molar-refractivity contribution in [1.29, 1.82) is 0 Å². The van der Waals surface area contributed by atoms with E-state index in [9.17, 15) is 5.11 Å². The molecular weight excluding hydrogens is 202 g/mol. The third kappa shape index (κ3) is 5.28. The van der Waals surface area contributed by atoms with E-state index in [1.165, 1.54) is 32.1 Å². The molecule has 1 rings (SSSR count). The highest BCUT2D eigenvalue weighted by molar-refractivity contribution is 4.80. The van der Waals surface area contributed by atoms with Gasteiger partial charge in [0.25, 0.3) is 0 Å². The van der Waals surface area contributed by atoms with E-state index in [2.05, 4.69) is 19.2 Å². The third-order valence-electron chi connectivity index (χ3n) is 3.58. The van der Waals surface area contributed by atoms with Gasteiger partial charge in [0.15, 0.2) is 0 Å². The molecule has 96 valence electrons. The number of methoxy groups -OCH3 is 1. The molecule has 0 aromatic heterocycles. The Morgan fingerprint density at radius 3 is 2.81 bits per heavy atom. The Kier molecular flexibility index (Phi) is 5.73. The minimum Gasteiger partial charge on any atom is -0.389 e. The van der Waals surface area contributed by atoms with Crippen LogP contribution in [0, 0.1) is 5.41 Å². The number of hydrogen-bond acceptors (Lipinski definition) is 3. The van der Waals surface area contributed by atoms with Crippen LogP contribution in [0.4, 0.5) is 0 Å². The lowest BCUT2D eigenvalue weighted by Crippen LogP contribution is -2.37. The second kappa shape index (κ2) is 6.58. The monoisotopic (exact) mass is 229 g/mol. The van der Waals surface area contributed by atoms with Crippen molar-refractivity contribution in [1.82, 2.24) is 5.32 Å². The van der Waals surface area contributed by atoms with E-state index in [4.69, 9.17) is 4.74 Å². The van der Waals surface area contributed by atoms with E-state index in [0.29, 0.717) is 24.6 Å². The molecule has 0 aromatic carbocycles. The van der Waals surface area contributed by atoms with Gasteiger partial charge in [-0.1, -0.05) is 20.3 Å². The zero-order valence-corrected chi connectivity index (χ0v) is 11.0. The minimum absolute atomic E-state index is 0.374. The van der Waals surface area contributed by atoms with E-state index in [-0.39, 0.29) is 6.10 Å². The first-order valence-corrected chi connectivity index (χ1v) is 6.44. The van der Waals surface area contributed by atoms with Crippen LogP contribution in [0.1, 0.15) is 46.0 Å². The van der Waals surface area contributed by atoms with Crippen LogP contribution in [0.2, 0.25) is 0 Å². The summed E-state index contributed by atoms with van der Waals surface area (Å²) in [6, 6.07) is 0.577. The van der Waals surface area contributed by atoms with Gasteiger partial charge in [0.05, 0.1) is 12.7 Å². The SMILES string of the molecule is COCC(O)CNC1CCCC(C)(C)CC1. The fourth-order valence-corrected chi connectivity index (χ4v) is 2.42. The lowest BCUT2D eigenvalue weighted by molar-refractivity contribution is 0.0623. The average molecular weight is 229 g/mol. The highest BCUT2D eigenvalue weighted by Crippen LogP contribution is 2.33. The molecule has 1 fully saturated rings. The van der Waals surface area contributed by atoms with Gasteiger partial charge in [-0.25, -0.2) is 0 Å². The van der Waals surface area contributed by atoms with E-state index in [0.717, 1.165) is 0 Å². The molecule has 1 saturated carbocycles. The molecule has 2 N–H and O–H groups in total. The Labute approximate surface area is 99.6 Å². The lowest BCUT2D eigenvalue weighted by atomic mass is 9.85. The maximum atomic E-state index is 9.57. The normalized spacial score (nSPS) is 27.4. The molecule has 0 aromatic rings. The molecule has 0 bridgehead atoms. The van der Waals surface area contributed by atoms with Crippen LogP contribution in [-0.2, 0) is 4.74 Å². The summed E-state index contributed by atoms with van der Waals surface area (Å²) in [4.78, 5) is 0. The standard InChI is InChI=1S/C13H27NO2/c1-13(2)7-4-5-11(6-8-13)14-9-12(15)10-16-3/h11-12,14-15H,4-10H2,1-3H3. The van der Waals surface area contributed by atoms with Crippen molar-refractivity contribution in [2.75, 3.05) is 20.3 Å². The van der Waals surface area contributed by atoms with Crippen LogP contribution in [0.3, 0.4) is 0 Å². The maximum Gasteiger partial charge on any atom is 0.0897 e. The fourth-order valence-electron chi connectivity index (χ4n) is 2.42. The highest BCUT2D eigenvalue weighted by Gasteiger charge is 2.24. The summed E-state index contributed by atoms with van der Waals surface area (Å²) in [7, 11) is 1.62. The van der Waals surface area contributed by atoms with Gasteiger partial charge >= 0.3 is 0 Å². The summed E-state index contributed by atoms with van der Waals surface area (Å²) in [6.45, 7) is 5.79. The third-order valence-corrected chi connectivity index (χ3v) is 3.58. The summed E-state index contributed by atoms with van der Waals surface area (Å²) in [6.07, 6.45) is 6.00. The molecule has 3 heteroatoms. The Morgan fingerprint density at radius 2 is 2.12 bits per heavy atom. The van der Waals surface area contributed by atoms with E-state index in [1.54, 1.807) is 7.11 Å². The van der Waals surface area contributed by atoms with Crippen molar-refractivity contribution in [2.45, 2.75) is 58.1 Å². The highest BCUT2D eigenvalue weighted by atomic mass is 16.5. The molecule has 0 radical (unpaired) electrons. The number of hydrogen-bond donors (Lipinski definition) is 2. The van der Waals surface area contributed by atoms with Crippen LogP contribution in [-0.4, -0.2) is 37.5 Å². The van der Waals surface area contributed by atoms with Crippen molar-refractivity contribution in [3.8, 4) is 0 Å². The van der Waals surface area contributed by atoms with Crippen molar-refractivity contribution < 1.29 is 9.84 Å². The molecule has 2 unspecified atom stereocenters. The number of rotatable bonds is 5. The summed E-state index contributed by atoms with van der Waals surface area (Å²) >= 11 is 0. The first kappa shape index (κ1) is 13.9. The molecule has 2 atom stereocenters. The Morgan fingerprint density at radius 1 is 1.38 bits per heavy atom. The predicted octanol–water partition coefficient (Wildman–Crippen LogP) is 1.94. The minimum atomic E-state index is -0.374. The van der Waals surface area contributed by atoms with Crippen molar-refractivity contribution in [2.24, 2.45) is 5.41 Å². The van der Waals surface area contributed by atoms with Gasteiger partial charge in [0.1, 0.15) is 0 Å². The number of aliphatic hydroxyl groups excluding tert-OH is 1. The number of ether oxygens (including phenoxy) is 1. The quantitative estimate of drug-likeness (QED) is 0.708. The molecule has 3 nitrogen and oxygen atoms in total. The maximum absolute atomic E-state index is 9.57. The lowest BCUT2D eigenvalue weighted by Gasteiger charge is -2.22. The zero-order valence-electron chi connectivity index (χ0n) is 11.0. The van der Waals surface area contributed by atoms with Crippen LogP contribution < -0.4 is 5.32 Å². The van der Waals surface area contributed by atoms with Crippen molar-refractivity contribution in [3.63, 3.8) is 0 Å². The van der Waals surface area contributed by atoms with Crippen LogP contribution in [0.25, 0.3) is 0 Å². The summed E-state index contributed by atoms with van der Waals surface area (Å²) in [5.41, 5.74) is 0.502. The zero-order chi connectivity index (χ0) is 12.0. The average Bonchev–Trinajstić information content (AvgIpc) is 2.37. The molecule has 0 aliphatic heterocycles. The topological polar surface area (TPSA) is 41.5 Å². The molecule has 16 heavy (non-hydrogen) atoms. The van der Waals surface area contributed by atoms with Gasteiger partial charge in [-0.15, -0.1) is 0 Å². The van der Waals surface area contributed by atoms with Crippen molar-refractivity contribution in [3.05, 3.63) is 0 Å². The smallest absolute Gasteiger partial charge is 0.0897 e. The van der Waals surface area contributed by atoms with Gasteiger partial charge in [-0.2, -0.15) is 0 Å². The summed E-state index contributed by atoms with van der Waals surface area (Å²) in [5, 5.41) is 13.0. The van der Waals surface area contributed by atoms with Crippen LogP contribution in [0.5, 0.6) is 0 Å². The van der Waals surface area contributed by atoms with Crippen molar-refractivity contribution >= 4 is 0 Å². The molecule has 0 spiro atoms. The van der Waals surface area contributed by atoms with Gasteiger partial charge in [0, 0.05) is 19.7 Å². The second-order valence-corrected chi connectivity index (χ2v) is 5.81. The predicted molar refractivity (Wildman–Crippen MR) is 66.5 cm³/mol. The van der Waals surface area contributed by atoms with Gasteiger partial charge in [-0.3, -0.25) is 0 Å². The van der Waals surface area contributed by atoms with E-state index in [1.807, 2.05) is 0 Å². The van der Waals surface area contributed by atoms with E-state index >= 15 is 0 Å². The Balaban J connectivity index is 2.22.